The Bertz CT molecular complexity index is 1610. The van der Waals surface area contributed by atoms with Crippen LogP contribution in [0.1, 0.15) is 43.1 Å². The second-order valence-corrected chi connectivity index (χ2v) is 11.6. The highest BCUT2D eigenvalue weighted by atomic mass is 15.3. The zero-order chi connectivity index (χ0) is 30.3. The molecule has 3 aromatic heterocycles. The molecule has 0 saturated carbocycles. The third-order valence-corrected chi connectivity index (χ3v) is 8.35. The van der Waals surface area contributed by atoms with Crippen LogP contribution in [0.5, 0.6) is 0 Å². The number of hydrogen-bond acceptors (Lipinski definition) is 7. The molecule has 226 valence electrons. The maximum Gasteiger partial charge on any atom is 0.159 e. The third kappa shape index (κ3) is 7.24. The van der Waals surface area contributed by atoms with Crippen LogP contribution in [0.25, 0.3) is 35.4 Å². The van der Waals surface area contributed by atoms with E-state index in [9.17, 15) is 0 Å². The molecule has 0 amide bonds. The summed E-state index contributed by atoms with van der Waals surface area (Å²) < 4.78 is 0. The van der Waals surface area contributed by atoms with Crippen LogP contribution >= 0.6 is 0 Å². The van der Waals surface area contributed by atoms with Crippen molar-refractivity contribution in [2.24, 2.45) is 5.92 Å². The highest BCUT2D eigenvalue weighted by molar-refractivity contribution is 5.89. The number of pyridine rings is 1. The van der Waals surface area contributed by atoms with Crippen LogP contribution in [0.2, 0.25) is 0 Å². The second kappa shape index (κ2) is 13.8. The van der Waals surface area contributed by atoms with Crippen LogP contribution in [0.4, 0.5) is 5.69 Å². The molecule has 0 radical (unpaired) electrons. The van der Waals surface area contributed by atoms with Crippen LogP contribution < -0.4 is 21.2 Å². The summed E-state index contributed by atoms with van der Waals surface area (Å²) in [6.45, 7) is 22.7. The van der Waals surface area contributed by atoms with Gasteiger partial charge in [-0.2, -0.15) is 5.10 Å². The number of imidazole rings is 1. The first kappa shape index (κ1) is 30.3. The zero-order valence-corrected chi connectivity index (χ0v) is 25.8. The number of aromatic amines is 2. The minimum Gasteiger partial charge on any atom is -0.367 e. The standard InChI is InChI=1S/C34H45N9/c1-7-9-31(43-16-14-42(6)15-17-43)32-25(5)38-34(39-32)33-30(24(4)40-41-33)20-27(8-2)28-19-29(22-36-21-28)37-23(3)18-26-10-12-35-13-11-26/h7-9,19-22,26,35,37,40H,1,3-4,10-18H2,2,5-6H3,(H,38,39)/b27-8+,30-20+,31-9+. The quantitative estimate of drug-likeness (QED) is 0.271. The maximum absolute atomic E-state index is 5.06. The maximum atomic E-state index is 5.06. The Morgan fingerprint density at radius 3 is 2.65 bits per heavy atom. The van der Waals surface area contributed by atoms with Gasteiger partial charge >= 0.3 is 0 Å². The lowest BCUT2D eigenvalue weighted by atomic mass is 9.93. The molecule has 0 bridgehead atoms. The molecule has 5 rings (SSSR count). The van der Waals surface area contributed by atoms with Gasteiger partial charge in [0.15, 0.2) is 5.82 Å². The Morgan fingerprint density at radius 1 is 1.16 bits per heavy atom. The molecule has 2 aliphatic rings. The first-order valence-corrected chi connectivity index (χ1v) is 15.2. The fraction of sp³-hybridized carbons (Fsp3) is 0.382. The van der Waals surface area contributed by atoms with Gasteiger partial charge in [0.05, 0.1) is 22.9 Å². The van der Waals surface area contributed by atoms with Crippen molar-refractivity contribution >= 4 is 29.6 Å². The van der Waals surface area contributed by atoms with Gasteiger partial charge in [0, 0.05) is 54.5 Å². The van der Waals surface area contributed by atoms with E-state index in [0.29, 0.717) is 11.7 Å². The molecule has 43 heavy (non-hydrogen) atoms. The van der Waals surface area contributed by atoms with E-state index in [4.69, 9.17) is 4.98 Å². The normalized spacial score (nSPS) is 17.8. The Kier molecular flexibility index (Phi) is 9.74. The van der Waals surface area contributed by atoms with Crippen LogP contribution in [0, 0.1) is 12.8 Å². The molecule has 0 unspecified atom stereocenters. The van der Waals surface area contributed by atoms with E-state index in [1.807, 2.05) is 25.4 Å². The second-order valence-electron chi connectivity index (χ2n) is 11.6. The Balaban J connectivity index is 1.41. The van der Waals surface area contributed by atoms with Crippen molar-refractivity contribution in [3.63, 3.8) is 0 Å². The van der Waals surface area contributed by atoms with Crippen molar-refractivity contribution in [3.05, 3.63) is 83.1 Å². The van der Waals surface area contributed by atoms with Crippen LogP contribution in [-0.2, 0) is 0 Å². The molecule has 0 spiro atoms. The van der Waals surface area contributed by atoms with E-state index in [1.54, 1.807) is 0 Å². The molecule has 0 aliphatic carbocycles. The molecule has 2 fully saturated rings. The molecular formula is C34H45N9. The smallest absolute Gasteiger partial charge is 0.159 e. The topological polar surface area (TPSA) is 101 Å². The van der Waals surface area contributed by atoms with Crippen molar-refractivity contribution in [1.82, 2.24) is 40.3 Å². The fourth-order valence-electron chi connectivity index (χ4n) is 5.88. The van der Waals surface area contributed by atoms with Gasteiger partial charge in [-0.15, -0.1) is 0 Å². The van der Waals surface area contributed by atoms with Crippen LogP contribution in [-0.4, -0.2) is 81.3 Å². The number of likely N-dealkylation sites (N-methyl/N-ethyl adjacent to an activating group) is 1. The van der Waals surface area contributed by atoms with Crippen molar-refractivity contribution in [2.45, 2.75) is 33.1 Å². The van der Waals surface area contributed by atoms with Gasteiger partial charge < -0.3 is 25.4 Å². The van der Waals surface area contributed by atoms with Crippen molar-refractivity contribution < 1.29 is 0 Å². The van der Waals surface area contributed by atoms with Gasteiger partial charge in [-0.05, 0) is 83.0 Å². The molecular weight excluding hydrogens is 534 g/mol. The largest absolute Gasteiger partial charge is 0.367 e. The van der Waals surface area contributed by atoms with Crippen LogP contribution in [0.15, 0.2) is 55.5 Å². The average molecular weight is 580 g/mol. The fourth-order valence-corrected chi connectivity index (χ4v) is 5.88. The number of hydrogen-bond donors (Lipinski definition) is 4. The minimum absolute atomic E-state index is 0.669. The number of rotatable bonds is 10. The number of piperidine rings is 1. The van der Waals surface area contributed by atoms with Crippen molar-refractivity contribution in [3.8, 4) is 11.5 Å². The SMILES string of the molecule is C=C/C=C(\c1nc(-c2n[nH]c(=C)/c2=C\C(=C/C)c2cncc(NC(=C)CC3CCNCC3)c2)[nH]c1C)N1CCN(C)CC1. The zero-order valence-electron chi connectivity index (χ0n) is 25.8. The van der Waals surface area contributed by atoms with Gasteiger partial charge in [-0.3, -0.25) is 10.1 Å². The molecule has 9 nitrogen and oxygen atoms in total. The first-order chi connectivity index (χ1) is 20.9. The highest BCUT2D eigenvalue weighted by Crippen LogP contribution is 2.26. The minimum atomic E-state index is 0.669. The Hall–Kier alpha value is -4.21. The number of aryl methyl sites for hydroxylation is 1. The molecule has 0 aromatic carbocycles. The van der Waals surface area contributed by atoms with Gasteiger partial charge in [0.2, 0.25) is 0 Å². The lowest BCUT2D eigenvalue weighted by molar-refractivity contribution is 0.207. The molecule has 2 aliphatic heterocycles. The highest BCUT2D eigenvalue weighted by Gasteiger charge is 2.22. The summed E-state index contributed by atoms with van der Waals surface area (Å²) in [5, 5.41) is 16.2. The Morgan fingerprint density at radius 2 is 1.93 bits per heavy atom. The summed E-state index contributed by atoms with van der Waals surface area (Å²) in [6.07, 6.45) is 15.2. The Labute approximate surface area is 254 Å². The third-order valence-electron chi connectivity index (χ3n) is 8.35. The number of anilines is 1. The number of nitrogens with one attached hydrogen (secondary N) is 4. The summed E-state index contributed by atoms with van der Waals surface area (Å²) in [4.78, 5) is 17.8. The average Bonchev–Trinajstić information content (AvgIpc) is 3.57. The van der Waals surface area contributed by atoms with Crippen LogP contribution in [0.3, 0.4) is 0 Å². The molecule has 5 heterocycles. The van der Waals surface area contributed by atoms with Crippen molar-refractivity contribution in [1.29, 1.82) is 0 Å². The molecule has 3 aromatic rings. The summed E-state index contributed by atoms with van der Waals surface area (Å²) in [5.41, 5.74) is 7.68. The predicted molar refractivity (Wildman–Crippen MR) is 178 cm³/mol. The summed E-state index contributed by atoms with van der Waals surface area (Å²) in [5.74, 6) is 1.37. The lowest BCUT2D eigenvalue weighted by Gasteiger charge is -2.35. The van der Waals surface area contributed by atoms with Crippen molar-refractivity contribution in [2.75, 3.05) is 51.6 Å². The lowest BCUT2D eigenvalue weighted by Crippen LogP contribution is -2.43. The predicted octanol–water partition coefficient (Wildman–Crippen LogP) is 3.89. The van der Waals surface area contributed by atoms with Gasteiger partial charge in [-0.1, -0.05) is 31.9 Å². The molecule has 4 N–H and O–H groups in total. The van der Waals surface area contributed by atoms with E-state index in [0.717, 1.165) is 102 Å². The summed E-state index contributed by atoms with van der Waals surface area (Å²) >= 11 is 0. The summed E-state index contributed by atoms with van der Waals surface area (Å²) in [6, 6.07) is 2.12. The molecule has 2 saturated heterocycles. The molecule has 9 heteroatoms. The van der Waals surface area contributed by atoms with E-state index in [2.05, 4.69) is 98.6 Å². The van der Waals surface area contributed by atoms with E-state index >= 15 is 0 Å². The van der Waals surface area contributed by atoms with E-state index < -0.39 is 0 Å². The number of allylic oxidation sites excluding steroid dienone is 5. The number of H-pyrrole nitrogens is 2. The van der Waals surface area contributed by atoms with E-state index in [1.165, 1.54) is 12.8 Å². The van der Waals surface area contributed by atoms with Gasteiger partial charge in [-0.25, -0.2) is 4.98 Å². The van der Waals surface area contributed by atoms with Gasteiger partial charge in [0.25, 0.3) is 0 Å². The number of nitrogens with zero attached hydrogens (tertiary/aromatic N) is 5. The summed E-state index contributed by atoms with van der Waals surface area (Å²) in [7, 11) is 2.16. The first-order valence-electron chi connectivity index (χ1n) is 15.2. The number of aromatic nitrogens is 5. The van der Waals surface area contributed by atoms with Gasteiger partial charge in [0.1, 0.15) is 11.4 Å². The number of piperazine rings is 1. The van der Waals surface area contributed by atoms with E-state index in [-0.39, 0.29) is 0 Å². The monoisotopic (exact) mass is 579 g/mol. The molecule has 0 atom stereocenters.